The Bertz CT molecular complexity index is 3920. The van der Waals surface area contributed by atoms with Crippen LogP contribution >= 0.6 is 0 Å². The van der Waals surface area contributed by atoms with E-state index >= 15 is 0 Å². The fraction of sp³-hybridized carbons (Fsp3) is 0.0476. The molecule has 334 valence electrons. The van der Waals surface area contributed by atoms with Crippen LogP contribution in [0.4, 0.5) is 22.7 Å². The van der Waals surface area contributed by atoms with E-state index in [2.05, 4.69) is 229 Å². The van der Waals surface area contributed by atoms with Crippen molar-refractivity contribution in [3.63, 3.8) is 0 Å². The van der Waals surface area contributed by atoms with E-state index in [4.69, 9.17) is 9.72 Å². The minimum atomic E-state index is 0. The fourth-order valence-electron chi connectivity index (χ4n) is 10.3. The van der Waals surface area contributed by atoms with Gasteiger partial charge >= 0.3 is 0 Å². The molecule has 13 rings (SSSR count). The van der Waals surface area contributed by atoms with Crippen molar-refractivity contribution in [2.24, 2.45) is 0 Å². The maximum atomic E-state index is 6.82. The summed E-state index contributed by atoms with van der Waals surface area (Å²) in [6, 6.07) is 80.7. The normalized spacial score (nSPS) is 12.4. The molecule has 0 radical (unpaired) electrons. The third kappa shape index (κ3) is 7.07. The topological polar surface area (TPSA) is 33.0 Å². The average molecular weight is 1070 g/mol. The molecule has 1 aliphatic heterocycles. The van der Waals surface area contributed by atoms with E-state index in [0.29, 0.717) is 17.4 Å². The largest absolute Gasteiger partial charge is 0.509 e. The summed E-state index contributed by atoms with van der Waals surface area (Å²) >= 11 is 0. The maximum Gasteiger partial charge on any atom is 0.143 e. The van der Waals surface area contributed by atoms with Crippen molar-refractivity contribution in [1.82, 2.24) is 9.38 Å². The van der Waals surface area contributed by atoms with Crippen LogP contribution in [-0.2, 0) is 21.1 Å². The first kappa shape index (κ1) is 42.4. The first-order valence-corrected chi connectivity index (χ1v) is 23.2. The average Bonchev–Trinajstić information content (AvgIpc) is 3.95. The number of hydrogen-bond acceptors (Lipinski definition) is 4. The van der Waals surface area contributed by atoms with Gasteiger partial charge in [-0.1, -0.05) is 171 Å². The zero-order valence-corrected chi connectivity index (χ0v) is 40.1. The van der Waals surface area contributed by atoms with Crippen molar-refractivity contribution in [2.45, 2.75) is 19.8 Å². The van der Waals surface area contributed by atoms with Gasteiger partial charge in [-0.15, -0.1) is 48.1 Å². The quantitative estimate of drug-likeness (QED) is 0.149. The number of aromatic nitrogens is 2. The molecule has 3 aromatic heterocycles. The van der Waals surface area contributed by atoms with Gasteiger partial charge in [0.2, 0.25) is 0 Å². The van der Waals surface area contributed by atoms with Crippen molar-refractivity contribution >= 4 is 82.5 Å². The van der Waals surface area contributed by atoms with Crippen LogP contribution in [0, 0.1) is 18.8 Å². The summed E-state index contributed by atoms with van der Waals surface area (Å²) in [7, 11) is 0. The third-order valence-corrected chi connectivity index (χ3v) is 13.5. The molecule has 0 saturated heterocycles. The van der Waals surface area contributed by atoms with Gasteiger partial charge in [0.05, 0.1) is 0 Å². The summed E-state index contributed by atoms with van der Waals surface area (Å²) in [5.74, 6) is 1.52. The SMILES string of the molecule is CC(C)c1ccc2c(c1)N(c1c(-c3ccccc3)cccc1-c1ccccc1)[CH-]N2c1[c-]c(Oc2[c-]c3c(cc2)c2cccc4c5ccccc5c5ccccc5c5cccnc5n3c42)ccc1.[Pt]. The fourth-order valence-corrected chi connectivity index (χ4v) is 10.3. The number of para-hydroxylation sites is 2. The van der Waals surface area contributed by atoms with Gasteiger partial charge in [-0.25, -0.2) is 4.98 Å². The molecule has 0 fully saturated rings. The molecule has 0 spiro atoms. The van der Waals surface area contributed by atoms with Crippen LogP contribution in [0.5, 0.6) is 11.5 Å². The summed E-state index contributed by atoms with van der Waals surface area (Å²) in [6.45, 7) is 6.71. The molecule has 0 aliphatic carbocycles. The molecule has 4 heterocycles. The third-order valence-electron chi connectivity index (χ3n) is 13.5. The van der Waals surface area contributed by atoms with Crippen molar-refractivity contribution in [3.8, 4) is 33.8 Å². The van der Waals surface area contributed by atoms with E-state index in [-0.39, 0.29) is 21.1 Å². The van der Waals surface area contributed by atoms with Crippen molar-refractivity contribution in [3.05, 3.63) is 237 Å². The Morgan fingerprint density at radius 1 is 0.478 bits per heavy atom. The van der Waals surface area contributed by atoms with Crippen LogP contribution < -0.4 is 14.5 Å². The Hall–Kier alpha value is -7.98. The molecular formula is C63H43N4OPt-3. The molecule has 0 atom stereocenters. The number of nitrogens with zero attached hydrogens (tertiary/aromatic N) is 4. The number of hydrogen-bond donors (Lipinski definition) is 0. The predicted molar refractivity (Wildman–Crippen MR) is 282 cm³/mol. The van der Waals surface area contributed by atoms with Crippen LogP contribution in [0.25, 0.3) is 82.0 Å². The van der Waals surface area contributed by atoms with Gasteiger partial charge in [-0.3, -0.25) is 0 Å². The monoisotopic (exact) mass is 1070 g/mol. The molecule has 0 amide bonds. The van der Waals surface area contributed by atoms with E-state index in [1.807, 2.05) is 30.5 Å². The zero-order valence-electron chi connectivity index (χ0n) is 37.9. The first-order chi connectivity index (χ1) is 33.6. The van der Waals surface area contributed by atoms with Crippen LogP contribution in [0.2, 0.25) is 0 Å². The van der Waals surface area contributed by atoms with E-state index in [9.17, 15) is 0 Å². The van der Waals surface area contributed by atoms with Gasteiger partial charge in [0.15, 0.2) is 0 Å². The van der Waals surface area contributed by atoms with E-state index in [1.165, 1.54) is 21.7 Å². The Kier molecular flexibility index (Phi) is 10.6. The minimum Gasteiger partial charge on any atom is -0.509 e. The predicted octanol–water partition coefficient (Wildman–Crippen LogP) is 16.9. The van der Waals surface area contributed by atoms with E-state index in [0.717, 1.165) is 88.6 Å². The molecule has 9 aromatic carbocycles. The number of ether oxygens (including phenoxy) is 1. The van der Waals surface area contributed by atoms with E-state index < -0.39 is 0 Å². The smallest absolute Gasteiger partial charge is 0.143 e. The van der Waals surface area contributed by atoms with Gasteiger partial charge < -0.3 is 18.9 Å². The Morgan fingerprint density at radius 3 is 1.72 bits per heavy atom. The van der Waals surface area contributed by atoms with Gasteiger partial charge in [0.1, 0.15) is 5.65 Å². The van der Waals surface area contributed by atoms with Gasteiger partial charge in [-0.2, -0.15) is 12.1 Å². The first-order valence-electron chi connectivity index (χ1n) is 23.2. The van der Waals surface area contributed by atoms with Gasteiger partial charge in [-0.05, 0) is 73.8 Å². The Balaban J connectivity index is 0.00000492. The van der Waals surface area contributed by atoms with Crippen LogP contribution in [-0.4, -0.2) is 9.38 Å². The molecule has 6 heteroatoms. The van der Waals surface area contributed by atoms with Gasteiger partial charge in [0.25, 0.3) is 0 Å². The number of rotatable bonds is 7. The van der Waals surface area contributed by atoms with Crippen LogP contribution in [0.3, 0.4) is 0 Å². The summed E-state index contributed by atoms with van der Waals surface area (Å²) in [6.07, 6.45) is 1.88. The second-order valence-electron chi connectivity index (χ2n) is 17.8. The second-order valence-corrected chi connectivity index (χ2v) is 17.8. The molecule has 1 aliphatic rings. The minimum absolute atomic E-state index is 0. The van der Waals surface area contributed by atoms with Crippen LogP contribution in [0.15, 0.2) is 212 Å². The summed E-state index contributed by atoms with van der Waals surface area (Å²) in [5.41, 5.74) is 12.8. The molecule has 0 bridgehead atoms. The Morgan fingerprint density at radius 2 is 1.04 bits per heavy atom. The van der Waals surface area contributed by atoms with E-state index in [1.54, 1.807) is 0 Å². The second kappa shape index (κ2) is 17.3. The number of fused-ring (bicyclic) bond motifs is 11. The Labute approximate surface area is 415 Å². The number of benzene rings is 9. The van der Waals surface area contributed by atoms with Crippen molar-refractivity contribution in [1.29, 1.82) is 0 Å². The summed E-state index contributed by atoms with van der Waals surface area (Å²) < 4.78 is 9.10. The van der Waals surface area contributed by atoms with Crippen molar-refractivity contribution in [2.75, 3.05) is 9.80 Å². The zero-order chi connectivity index (χ0) is 45.3. The molecule has 12 aromatic rings. The summed E-state index contributed by atoms with van der Waals surface area (Å²) in [5, 5.41) is 9.05. The molecule has 0 unspecified atom stereocenters. The molecule has 69 heavy (non-hydrogen) atoms. The standard InChI is InChI=1S/C63H43N4O.Pt/c1-41(2)44-32-35-58-60(37-44)66(61-48(42-17-5-3-6-18-42)27-14-28-49(61)43-19-7-4-8-20-43)40-65(58)45-21-13-22-46(38-45)68-47-33-34-54-56-30-15-29-55-52-25-11-9-23-50(52)51-24-10-12-26-53(51)57-31-16-36-64-63(57)67(62(55)56)59(54)39-47;/h3-37,40-41H,1-2H3;/q-3;. The summed E-state index contributed by atoms with van der Waals surface area (Å²) in [4.78, 5) is 9.72. The molecule has 0 N–H and O–H groups in total. The van der Waals surface area contributed by atoms with Gasteiger partial charge in [0, 0.05) is 83.2 Å². The van der Waals surface area contributed by atoms with Crippen LogP contribution in [0.1, 0.15) is 25.3 Å². The van der Waals surface area contributed by atoms with Crippen molar-refractivity contribution < 1.29 is 25.8 Å². The number of pyridine rings is 1. The molecule has 5 nitrogen and oxygen atoms in total. The molecular weight excluding hydrogens is 1020 g/mol. The maximum absolute atomic E-state index is 6.82. The molecule has 0 saturated carbocycles. The number of anilines is 4.